The van der Waals surface area contributed by atoms with Crippen LogP contribution in [0.3, 0.4) is 0 Å². The number of nitrogens with zero attached hydrogens (tertiary/aromatic N) is 2. The lowest BCUT2D eigenvalue weighted by atomic mass is 10.0. The molecule has 0 spiro atoms. The van der Waals surface area contributed by atoms with E-state index in [0.29, 0.717) is 21.7 Å². The van der Waals surface area contributed by atoms with Gasteiger partial charge >= 0.3 is 0 Å². The zero-order valence-electron chi connectivity index (χ0n) is 14.9. The third-order valence-corrected chi connectivity index (χ3v) is 4.70. The molecule has 0 aliphatic rings. The van der Waals surface area contributed by atoms with Crippen molar-refractivity contribution < 1.29 is 9.53 Å². The SMILES string of the molecule is CC(C)c1ccc(OCn2ccc(C(=O)Nc3ccc(Cl)c(Cl)c3)n2)cc1. The van der Waals surface area contributed by atoms with Crippen LogP contribution in [-0.2, 0) is 6.73 Å². The summed E-state index contributed by atoms with van der Waals surface area (Å²) in [5.41, 5.74) is 2.08. The van der Waals surface area contributed by atoms with E-state index in [0.717, 1.165) is 5.75 Å². The fourth-order valence-electron chi connectivity index (χ4n) is 2.41. The Morgan fingerprint density at radius 2 is 1.85 bits per heavy atom. The van der Waals surface area contributed by atoms with Crippen molar-refractivity contribution in [3.05, 3.63) is 76.0 Å². The highest BCUT2D eigenvalue weighted by molar-refractivity contribution is 6.42. The summed E-state index contributed by atoms with van der Waals surface area (Å²) in [4.78, 5) is 12.3. The summed E-state index contributed by atoms with van der Waals surface area (Å²) in [6.07, 6.45) is 1.69. The van der Waals surface area contributed by atoms with Crippen LogP contribution in [0.25, 0.3) is 0 Å². The summed E-state index contributed by atoms with van der Waals surface area (Å²) in [7, 11) is 0. The van der Waals surface area contributed by atoms with E-state index in [1.165, 1.54) is 5.56 Å². The van der Waals surface area contributed by atoms with Gasteiger partial charge in [0.2, 0.25) is 0 Å². The molecule has 1 N–H and O–H groups in total. The summed E-state index contributed by atoms with van der Waals surface area (Å²) in [6.45, 7) is 4.50. The van der Waals surface area contributed by atoms with Crippen LogP contribution in [0, 0.1) is 0 Å². The maximum atomic E-state index is 12.3. The molecule has 5 nitrogen and oxygen atoms in total. The van der Waals surface area contributed by atoms with Crippen molar-refractivity contribution in [2.24, 2.45) is 0 Å². The van der Waals surface area contributed by atoms with Gasteiger partial charge in [-0.25, -0.2) is 4.68 Å². The number of rotatable bonds is 6. The molecular weight excluding hydrogens is 385 g/mol. The highest BCUT2D eigenvalue weighted by atomic mass is 35.5. The molecule has 0 aliphatic carbocycles. The van der Waals surface area contributed by atoms with Crippen LogP contribution in [0.1, 0.15) is 35.8 Å². The minimum absolute atomic E-state index is 0.209. The molecule has 1 heterocycles. The molecule has 1 aromatic heterocycles. The summed E-state index contributed by atoms with van der Waals surface area (Å²) in [5, 5.41) is 7.76. The fraction of sp³-hybridized carbons (Fsp3) is 0.200. The topological polar surface area (TPSA) is 56.1 Å². The van der Waals surface area contributed by atoms with Crippen LogP contribution in [0.4, 0.5) is 5.69 Å². The molecule has 0 fully saturated rings. The van der Waals surface area contributed by atoms with E-state index >= 15 is 0 Å². The first-order valence-electron chi connectivity index (χ1n) is 8.45. The van der Waals surface area contributed by atoms with Crippen molar-refractivity contribution in [1.29, 1.82) is 0 Å². The second kappa shape index (κ2) is 8.46. The molecule has 2 aromatic carbocycles. The number of carbonyl (C=O) groups is 1. The lowest BCUT2D eigenvalue weighted by Gasteiger charge is -2.09. The molecular formula is C20H19Cl2N3O2. The monoisotopic (exact) mass is 403 g/mol. The van der Waals surface area contributed by atoms with Crippen molar-refractivity contribution in [2.75, 3.05) is 5.32 Å². The van der Waals surface area contributed by atoms with Crippen LogP contribution >= 0.6 is 23.2 Å². The molecule has 0 bridgehead atoms. The Hall–Kier alpha value is -2.50. The van der Waals surface area contributed by atoms with Gasteiger partial charge in [-0.2, -0.15) is 5.10 Å². The molecule has 1 amide bonds. The standard InChI is InChI=1S/C20H19Cl2N3O2/c1-13(2)14-3-6-16(7-4-14)27-12-25-10-9-19(24-25)20(26)23-15-5-8-17(21)18(22)11-15/h3-11,13H,12H2,1-2H3,(H,23,26). The minimum Gasteiger partial charge on any atom is -0.471 e. The molecule has 3 rings (SSSR count). The molecule has 7 heteroatoms. The van der Waals surface area contributed by atoms with Gasteiger partial charge in [0, 0.05) is 11.9 Å². The van der Waals surface area contributed by atoms with E-state index in [1.807, 2.05) is 24.3 Å². The Kier molecular flexibility index (Phi) is 6.04. The quantitative estimate of drug-likeness (QED) is 0.582. The first kappa shape index (κ1) is 19.3. The number of hydrogen-bond donors (Lipinski definition) is 1. The lowest BCUT2D eigenvalue weighted by molar-refractivity contribution is 0.102. The maximum Gasteiger partial charge on any atom is 0.276 e. The lowest BCUT2D eigenvalue weighted by Crippen LogP contribution is -2.14. The van der Waals surface area contributed by atoms with E-state index in [4.69, 9.17) is 27.9 Å². The molecule has 27 heavy (non-hydrogen) atoms. The molecule has 0 saturated carbocycles. The largest absolute Gasteiger partial charge is 0.471 e. The van der Waals surface area contributed by atoms with Gasteiger partial charge in [0.05, 0.1) is 10.0 Å². The molecule has 0 unspecified atom stereocenters. The number of anilines is 1. The zero-order valence-corrected chi connectivity index (χ0v) is 16.5. The average molecular weight is 404 g/mol. The zero-order chi connectivity index (χ0) is 19.4. The van der Waals surface area contributed by atoms with Gasteiger partial charge in [-0.05, 0) is 47.9 Å². The van der Waals surface area contributed by atoms with Crippen molar-refractivity contribution >= 4 is 34.8 Å². The van der Waals surface area contributed by atoms with Gasteiger partial charge in [-0.1, -0.05) is 49.2 Å². The van der Waals surface area contributed by atoms with Gasteiger partial charge in [0.15, 0.2) is 12.4 Å². The molecule has 0 radical (unpaired) electrons. The van der Waals surface area contributed by atoms with Crippen molar-refractivity contribution in [2.45, 2.75) is 26.5 Å². The van der Waals surface area contributed by atoms with Crippen LogP contribution < -0.4 is 10.1 Å². The van der Waals surface area contributed by atoms with Crippen LogP contribution in [0.15, 0.2) is 54.7 Å². The third-order valence-electron chi connectivity index (χ3n) is 3.96. The van der Waals surface area contributed by atoms with Gasteiger partial charge in [-0.15, -0.1) is 0 Å². The maximum absolute atomic E-state index is 12.3. The summed E-state index contributed by atoms with van der Waals surface area (Å²) >= 11 is 11.8. The summed E-state index contributed by atoms with van der Waals surface area (Å²) < 4.78 is 7.26. The molecule has 0 atom stereocenters. The summed E-state index contributed by atoms with van der Waals surface area (Å²) in [6, 6.07) is 14.4. The Morgan fingerprint density at radius 1 is 1.11 bits per heavy atom. The van der Waals surface area contributed by atoms with Gasteiger partial charge in [0.1, 0.15) is 5.75 Å². The van der Waals surface area contributed by atoms with Gasteiger partial charge < -0.3 is 10.1 Å². The highest BCUT2D eigenvalue weighted by Gasteiger charge is 2.11. The predicted octanol–water partition coefficient (Wildman–Crippen LogP) is 5.60. The van der Waals surface area contributed by atoms with Crippen LogP contribution in [-0.4, -0.2) is 15.7 Å². The normalized spacial score (nSPS) is 10.9. The first-order chi connectivity index (χ1) is 12.9. The second-order valence-electron chi connectivity index (χ2n) is 6.32. The number of nitrogens with one attached hydrogen (secondary N) is 1. The first-order valence-corrected chi connectivity index (χ1v) is 9.20. The van der Waals surface area contributed by atoms with E-state index in [9.17, 15) is 4.79 Å². The fourth-order valence-corrected chi connectivity index (χ4v) is 2.71. The Morgan fingerprint density at radius 3 is 2.52 bits per heavy atom. The van der Waals surface area contributed by atoms with E-state index < -0.39 is 0 Å². The number of hydrogen-bond acceptors (Lipinski definition) is 3. The summed E-state index contributed by atoms with van der Waals surface area (Å²) in [5.74, 6) is 0.881. The minimum atomic E-state index is -0.339. The van der Waals surface area contributed by atoms with E-state index in [-0.39, 0.29) is 18.3 Å². The second-order valence-corrected chi connectivity index (χ2v) is 7.14. The van der Waals surface area contributed by atoms with E-state index in [1.54, 1.807) is 35.1 Å². The predicted molar refractivity (Wildman–Crippen MR) is 108 cm³/mol. The number of aromatic nitrogens is 2. The highest BCUT2D eigenvalue weighted by Crippen LogP contribution is 2.25. The van der Waals surface area contributed by atoms with E-state index in [2.05, 4.69) is 24.3 Å². The number of carbonyl (C=O) groups excluding carboxylic acids is 1. The smallest absolute Gasteiger partial charge is 0.276 e. The number of benzene rings is 2. The van der Waals surface area contributed by atoms with Crippen LogP contribution in [0.5, 0.6) is 5.75 Å². The third kappa shape index (κ3) is 5.02. The van der Waals surface area contributed by atoms with Crippen LogP contribution in [0.2, 0.25) is 10.0 Å². The number of halogens is 2. The number of amides is 1. The molecule has 0 saturated heterocycles. The number of ether oxygens (including phenoxy) is 1. The van der Waals surface area contributed by atoms with Crippen molar-refractivity contribution in [3.8, 4) is 5.75 Å². The Labute approximate surface area is 167 Å². The van der Waals surface area contributed by atoms with Gasteiger partial charge in [0.25, 0.3) is 5.91 Å². The average Bonchev–Trinajstić information content (AvgIpc) is 3.12. The Balaban J connectivity index is 1.58. The molecule has 0 aliphatic heterocycles. The Bertz CT molecular complexity index is 937. The van der Waals surface area contributed by atoms with Crippen molar-refractivity contribution in [1.82, 2.24) is 9.78 Å². The van der Waals surface area contributed by atoms with Crippen molar-refractivity contribution in [3.63, 3.8) is 0 Å². The van der Waals surface area contributed by atoms with Gasteiger partial charge in [-0.3, -0.25) is 4.79 Å². The molecule has 3 aromatic rings. The molecule has 140 valence electrons.